The lowest BCUT2D eigenvalue weighted by Gasteiger charge is -2.46. The summed E-state index contributed by atoms with van der Waals surface area (Å²) in [6.45, 7) is 7.48. The van der Waals surface area contributed by atoms with Gasteiger partial charge in [0.15, 0.2) is 0 Å². The molecule has 40 heavy (non-hydrogen) atoms. The summed E-state index contributed by atoms with van der Waals surface area (Å²) in [4.78, 5) is 15.0. The van der Waals surface area contributed by atoms with Gasteiger partial charge in [0.05, 0.1) is 11.5 Å². The van der Waals surface area contributed by atoms with E-state index in [1.165, 1.54) is 0 Å². The number of nitriles is 1. The first kappa shape index (κ1) is 29.8. The van der Waals surface area contributed by atoms with Crippen LogP contribution >= 0.6 is 0 Å². The Morgan fingerprint density at radius 3 is 2.85 bits per heavy atom. The van der Waals surface area contributed by atoms with Crippen LogP contribution < -0.4 is 27.5 Å². The molecular weight excluding hydrogens is 507 g/mol. The van der Waals surface area contributed by atoms with Crippen molar-refractivity contribution in [3.63, 3.8) is 0 Å². The van der Waals surface area contributed by atoms with E-state index in [9.17, 15) is 14.4 Å². The van der Waals surface area contributed by atoms with E-state index < -0.39 is 11.6 Å². The molecule has 1 aliphatic heterocycles. The number of hydrogen-bond acceptors (Lipinski definition) is 7. The van der Waals surface area contributed by atoms with E-state index in [0.29, 0.717) is 63.3 Å². The lowest BCUT2D eigenvalue weighted by molar-refractivity contribution is 0.0953. The Labute approximate surface area is 237 Å². The van der Waals surface area contributed by atoms with Crippen molar-refractivity contribution in [2.24, 2.45) is 28.5 Å². The molecule has 1 saturated carbocycles. The average molecular weight is 553 g/mol. The number of fused-ring (bicyclic) bond motifs is 2. The first-order valence-electron chi connectivity index (χ1n) is 14.6. The number of nitrogens with one attached hydrogen (secondary N) is 3. The van der Waals surface area contributed by atoms with Crippen molar-refractivity contribution in [3.8, 4) is 6.07 Å². The van der Waals surface area contributed by atoms with Crippen molar-refractivity contribution in [3.05, 3.63) is 47.2 Å². The maximum Gasteiger partial charge on any atom is 0.251 e. The quantitative estimate of drug-likeness (QED) is 0.0931. The van der Waals surface area contributed by atoms with Crippen LogP contribution in [0.1, 0.15) is 66.4 Å². The number of likely N-dealkylation sites (tertiary alicyclic amines) is 1. The largest absolute Gasteiger partial charge is 0.385 e. The fourth-order valence-electron chi connectivity index (χ4n) is 7.29. The molecule has 7 N–H and O–H groups in total. The number of nitrogens with zero attached hydrogens (tertiary/aromatic N) is 3. The molecule has 1 heterocycles. The summed E-state index contributed by atoms with van der Waals surface area (Å²) in [5, 5.41) is 23.0. The molecule has 10 heteroatoms. The smallest absolute Gasteiger partial charge is 0.251 e. The van der Waals surface area contributed by atoms with Crippen molar-refractivity contribution in [1.82, 2.24) is 20.9 Å². The molecular formula is C30H45FN8O. The third kappa shape index (κ3) is 6.11. The summed E-state index contributed by atoms with van der Waals surface area (Å²) in [7, 11) is 1.85. The molecule has 218 valence electrons. The number of hydrogen-bond donors (Lipinski definition) is 5. The Bertz CT molecular complexity index is 1130. The number of carbonyl (C=O) groups excluding carboxylic acids is 1. The van der Waals surface area contributed by atoms with E-state index in [4.69, 9.17) is 11.6 Å². The minimum atomic E-state index is -0.820. The van der Waals surface area contributed by atoms with E-state index in [0.717, 1.165) is 49.1 Å². The van der Waals surface area contributed by atoms with Gasteiger partial charge in [0.1, 0.15) is 18.0 Å². The van der Waals surface area contributed by atoms with Gasteiger partial charge in [-0.05, 0) is 100 Å². The number of nitrogens with two attached hydrogens (primary N) is 2. The normalized spacial score (nSPS) is 28.2. The molecule has 0 aromatic heterocycles. The van der Waals surface area contributed by atoms with E-state index in [1.54, 1.807) is 0 Å². The molecule has 1 aromatic carbocycles. The molecule has 3 aliphatic rings. The molecule has 5 atom stereocenters. The van der Waals surface area contributed by atoms with Crippen LogP contribution in [0.3, 0.4) is 0 Å². The Hall–Kier alpha value is -3.16. The molecule has 9 nitrogen and oxygen atoms in total. The van der Waals surface area contributed by atoms with Gasteiger partial charge in [0.2, 0.25) is 0 Å². The molecule has 2 fully saturated rings. The maximum absolute atomic E-state index is 14.7. The maximum atomic E-state index is 14.7. The molecule has 1 aromatic rings. The zero-order valence-electron chi connectivity index (χ0n) is 23.7. The van der Waals surface area contributed by atoms with E-state index >= 15 is 0 Å². The molecule has 4 rings (SSSR count). The number of amidine groups is 1. The summed E-state index contributed by atoms with van der Waals surface area (Å²) in [5.74, 6) is 6.38. The van der Waals surface area contributed by atoms with Crippen LogP contribution in [-0.2, 0) is 11.8 Å². The molecule has 1 amide bonds. The van der Waals surface area contributed by atoms with Crippen molar-refractivity contribution >= 4 is 11.7 Å². The standard InChI is InChI=1S/C30H45FN8O/c1-20(39-15-3-4-25(39)18-32)19-36-12-11-30(29(33)38-34)26-9-7-23(28(40)37-14-13-35-2)16-21(26)5-6-22-17-24(31)8-10-27(22)30/h7,9,16,22,24-25,27,35-36H,1,3-6,8,10-15,17,19,34H2,2H3,(H2,33,38)(H,37,40). The van der Waals surface area contributed by atoms with Crippen molar-refractivity contribution in [2.45, 2.75) is 69.0 Å². The first-order chi connectivity index (χ1) is 19.3. The van der Waals surface area contributed by atoms with Gasteiger partial charge in [-0.25, -0.2) is 4.39 Å². The Morgan fingerprint density at radius 2 is 2.10 bits per heavy atom. The Morgan fingerprint density at radius 1 is 1.27 bits per heavy atom. The third-order valence-electron chi connectivity index (χ3n) is 9.27. The van der Waals surface area contributed by atoms with Gasteiger partial charge in [-0.1, -0.05) is 12.6 Å². The minimum Gasteiger partial charge on any atom is -0.385 e. The summed E-state index contributed by atoms with van der Waals surface area (Å²) in [6, 6.07) is 8.11. The van der Waals surface area contributed by atoms with Crippen molar-refractivity contribution < 1.29 is 9.18 Å². The second-order valence-electron chi connectivity index (χ2n) is 11.5. The van der Waals surface area contributed by atoms with E-state index in [-0.39, 0.29) is 23.8 Å². The summed E-state index contributed by atoms with van der Waals surface area (Å²) >= 11 is 0. The fraction of sp³-hybridized carbons (Fsp3) is 0.633. The highest BCUT2D eigenvalue weighted by Crippen LogP contribution is 2.51. The first-order valence-corrected chi connectivity index (χ1v) is 14.6. The lowest BCUT2D eigenvalue weighted by atomic mass is 9.59. The lowest BCUT2D eigenvalue weighted by Crippen LogP contribution is -2.53. The zero-order valence-corrected chi connectivity index (χ0v) is 23.7. The number of benzene rings is 1. The second kappa shape index (κ2) is 13.5. The molecule has 0 bridgehead atoms. The van der Waals surface area contributed by atoms with Crippen LogP contribution in [-0.4, -0.2) is 68.6 Å². The Balaban J connectivity index is 1.62. The molecule has 1 saturated heterocycles. The van der Waals surface area contributed by atoms with Gasteiger partial charge >= 0.3 is 0 Å². The number of aryl methyl sites for hydroxylation is 1. The van der Waals surface area contributed by atoms with E-state index in [2.05, 4.69) is 38.6 Å². The van der Waals surface area contributed by atoms with E-state index in [1.807, 2.05) is 25.2 Å². The third-order valence-corrected chi connectivity index (χ3v) is 9.27. The van der Waals surface area contributed by atoms with Crippen LogP contribution in [0.5, 0.6) is 0 Å². The van der Waals surface area contributed by atoms with Gasteiger partial charge < -0.3 is 32.4 Å². The average Bonchev–Trinajstić information content (AvgIpc) is 3.40. The Kier molecular flexibility index (Phi) is 10.0. The van der Waals surface area contributed by atoms with Crippen LogP contribution in [0.25, 0.3) is 0 Å². The summed E-state index contributed by atoms with van der Waals surface area (Å²) in [6.07, 6.45) is 4.96. The van der Waals surface area contributed by atoms with Gasteiger partial charge in [-0.2, -0.15) is 10.4 Å². The van der Waals surface area contributed by atoms with Crippen LogP contribution in [0, 0.1) is 23.2 Å². The molecule has 5 unspecified atom stereocenters. The van der Waals surface area contributed by atoms with Crippen molar-refractivity contribution in [1.29, 1.82) is 5.26 Å². The monoisotopic (exact) mass is 552 g/mol. The van der Waals surface area contributed by atoms with Crippen LogP contribution in [0.2, 0.25) is 0 Å². The number of amides is 1. The molecule has 0 spiro atoms. The highest BCUT2D eigenvalue weighted by Gasteiger charge is 2.51. The van der Waals surface area contributed by atoms with Gasteiger partial charge in [0, 0.05) is 37.4 Å². The van der Waals surface area contributed by atoms with Gasteiger partial charge in [0.25, 0.3) is 5.91 Å². The second-order valence-corrected chi connectivity index (χ2v) is 11.5. The van der Waals surface area contributed by atoms with Gasteiger partial charge in [-0.3, -0.25) is 4.79 Å². The number of carbonyl (C=O) groups is 1. The number of alkyl halides is 1. The fourth-order valence-corrected chi connectivity index (χ4v) is 7.29. The van der Waals surface area contributed by atoms with Crippen LogP contribution in [0.4, 0.5) is 4.39 Å². The number of rotatable bonds is 11. The number of halogens is 1. The highest BCUT2D eigenvalue weighted by atomic mass is 19.1. The highest BCUT2D eigenvalue weighted by molar-refractivity contribution is 5.96. The number of hydrazone groups is 1. The minimum absolute atomic E-state index is 0.0925. The summed E-state index contributed by atoms with van der Waals surface area (Å²) < 4.78 is 14.7. The molecule has 0 radical (unpaired) electrons. The SMILES string of the molecule is C=C(CNCCC1(/C(N)=N/N)c2ccc(C(=O)NCCNC)cc2CCC2CC(F)CCC21)N1CCCC1C#N. The predicted molar refractivity (Wildman–Crippen MR) is 156 cm³/mol. The predicted octanol–water partition coefficient (Wildman–Crippen LogP) is 2.29. The zero-order chi connectivity index (χ0) is 28.7. The van der Waals surface area contributed by atoms with Crippen LogP contribution in [0.15, 0.2) is 35.6 Å². The summed E-state index contributed by atoms with van der Waals surface area (Å²) in [5.41, 5.74) is 9.65. The topological polar surface area (TPSA) is 145 Å². The number of likely N-dealkylation sites (N-methyl/N-ethyl adjacent to an activating group) is 1. The van der Waals surface area contributed by atoms with Crippen molar-refractivity contribution in [2.75, 3.05) is 39.8 Å². The molecule has 2 aliphatic carbocycles. The van der Waals surface area contributed by atoms with Gasteiger partial charge in [-0.15, -0.1) is 0 Å².